The van der Waals surface area contributed by atoms with Crippen molar-refractivity contribution in [1.29, 1.82) is 0 Å². The number of hydrogen-bond donors (Lipinski definition) is 3. The first-order valence-corrected chi connectivity index (χ1v) is 9.61. The van der Waals surface area contributed by atoms with Gasteiger partial charge in [0.25, 0.3) is 5.91 Å². The SMILES string of the molecule is C[C@H](NCC(=O)Nc1sc2c(c1C(N)=O)CCCC2)c1ccc(F)cc1F. The van der Waals surface area contributed by atoms with Crippen LogP contribution in [0.1, 0.15) is 52.2 Å². The number of thiophene rings is 1. The van der Waals surface area contributed by atoms with E-state index < -0.39 is 23.6 Å². The van der Waals surface area contributed by atoms with E-state index in [-0.39, 0.29) is 18.0 Å². The minimum absolute atomic E-state index is 0.0846. The molecule has 0 bridgehead atoms. The Labute approximate surface area is 160 Å². The molecule has 1 aliphatic carbocycles. The van der Waals surface area contributed by atoms with E-state index in [1.165, 1.54) is 23.5 Å². The molecular formula is C19H21F2N3O2S. The number of carbonyl (C=O) groups excluding carboxylic acids is 2. The lowest BCUT2D eigenvalue weighted by molar-refractivity contribution is -0.115. The fraction of sp³-hybridized carbons (Fsp3) is 0.368. The largest absolute Gasteiger partial charge is 0.365 e. The van der Waals surface area contributed by atoms with Gasteiger partial charge in [0.2, 0.25) is 5.91 Å². The van der Waals surface area contributed by atoms with Crippen molar-refractivity contribution in [2.45, 2.75) is 38.6 Å². The van der Waals surface area contributed by atoms with Crippen molar-refractivity contribution in [2.75, 3.05) is 11.9 Å². The van der Waals surface area contributed by atoms with E-state index in [2.05, 4.69) is 10.6 Å². The number of primary amides is 1. The lowest BCUT2D eigenvalue weighted by atomic mass is 9.95. The summed E-state index contributed by atoms with van der Waals surface area (Å²) in [7, 11) is 0. The quantitative estimate of drug-likeness (QED) is 0.704. The number of nitrogens with one attached hydrogen (secondary N) is 2. The van der Waals surface area contributed by atoms with Crippen molar-refractivity contribution < 1.29 is 18.4 Å². The van der Waals surface area contributed by atoms with Gasteiger partial charge in [-0.3, -0.25) is 9.59 Å². The van der Waals surface area contributed by atoms with Gasteiger partial charge < -0.3 is 16.4 Å². The Morgan fingerprint density at radius 2 is 2.00 bits per heavy atom. The third-order valence-corrected chi connectivity index (χ3v) is 5.88. The average Bonchev–Trinajstić information content (AvgIpc) is 2.97. The molecule has 1 aromatic carbocycles. The fourth-order valence-electron chi connectivity index (χ4n) is 3.29. The molecule has 1 atom stereocenters. The number of amides is 2. The van der Waals surface area contributed by atoms with Crippen LogP contribution in [0.5, 0.6) is 0 Å². The summed E-state index contributed by atoms with van der Waals surface area (Å²) >= 11 is 1.39. The molecular weight excluding hydrogens is 372 g/mol. The molecule has 0 radical (unpaired) electrons. The van der Waals surface area contributed by atoms with Crippen LogP contribution in [0, 0.1) is 11.6 Å². The number of hydrogen-bond acceptors (Lipinski definition) is 4. The molecule has 1 aliphatic rings. The Kier molecular flexibility index (Phi) is 5.86. The van der Waals surface area contributed by atoms with Crippen LogP contribution in [0.25, 0.3) is 0 Å². The number of benzene rings is 1. The van der Waals surface area contributed by atoms with E-state index in [1.54, 1.807) is 6.92 Å². The van der Waals surface area contributed by atoms with Crippen LogP contribution >= 0.6 is 11.3 Å². The summed E-state index contributed by atoms with van der Waals surface area (Å²) in [6.45, 7) is 1.60. The van der Waals surface area contributed by atoms with E-state index >= 15 is 0 Å². The van der Waals surface area contributed by atoms with E-state index in [1.807, 2.05) is 0 Å². The summed E-state index contributed by atoms with van der Waals surface area (Å²) in [6.07, 6.45) is 3.73. The van der Waals surface area contributed by atoms with Crippen molar-refractivity contribution in [2.24, 2.45) is 5.73 Å². The Morgan fingerprint density at radius 1 is 1.26 bits per heavy atom. The van der Waals surface area contributed by atoms with Crippen LogP contribution in [-0.4, -0.2) is 18.4 Å². The molecule has 144 valence electrons. The highest BCUT2D eigenvalue weighted by atomic mass is 32.1. The topological polar surface area (TPSA) is 84.2 Å². The number of fused-ring (bicyclic) bond motifs is 1. The molecule has 0 saturated carbocycles. The van der Waals surface area contributed by atoms with Crippen LogP contribution in [-0.2, 0) is 17.6 Å². The molecule has 8 heteroatoms. The maximum Gasteiger partial charge on any atom is 0.251 e. The first-order valence-electron chi connectivity index (χ1n) is 8.79. The zero-order valence-corrected chi connectivity index (χ0v) is 15.7. The highest BCUT2D eigenvalue weighted by Gasteiger charge is 2.25. The van der Waals surface area contributed by atoms with Gasteiger partial charge in [0.15, 0.2) is 0 Å². The van der Waals surface area contributed by atoms with E-state index in [0.29, 0.717) is 10.6 Å². The van der Waals surface area contributed by atoms with Gasteiger partial charge >= 0.3 is 0 Å². The maximum atomic E-state index is 13.8. The lowest BCUT2D eigenvalue weighted by Crippen LogP contribution is -2.31. The van der Waals surface area contributed by atoms with Crippen molar-refractivity contribution in [3.8, 4) is 0 Å². The predicted octanol–water partition coefficient (Wildman–Crippen LogP) is 3.29. The van der Waals surface area contributed by atoms with Gasteiger partial charge in [0, 0.05) is 22.5 Å². The molecule has 0 saturated heterocycles. The standard InChI is InChI=1S/C19H21F2N3O2S/c1-10(12-7-6-11(20)8-14(12)21)23-9-16(25)24-19-17(18(22)26)13-4-2-3-5-15(13)27-19/h6-8,10,23H,2-5,9H2,1H3,(H2,22,26)(H,24,25)/t10-/m0/s1. The molecule has 27 heavy (non-hydrogen) atoms. The molecule has 0 spiro atoms. The molecule has 1 aromatic heterocycles. The predicted molar refractivity (Wildman–Crippen MR) is 101 cm³/mol. The van der Waals surface area contributed by atoms with E-state index in [4.69, 9.17) is 5.73 Å². The lowest BCUT2D eigenvalue weighted by Gasteiger charge is -2.15. The summed E-state index contributed by atoms with van der Waals surface area (Å²) < 4.78 is 26.8. The number of anilines is 1. The summed E-state index contributed by atoms with van der Waals surface area (Å²) in [4.78, 5) is 25.2. The minimum atomic E-state index is -0.669. The number of nitrogens with two attached hydrogens (primary N) is 1. The molecule has 2 aromatic rings. The maximum absolute atomic E-state index is 13.8. The molecule has 3 rings (SSSR count). The molecule has 0 aliphatic heterocycles. The summed E-state index contributed by atoms with van der Waals surface area (Å²) in [6, 6.07) is 2.84. The zero-order chi connectivity index (χ0) is 19.6. The van der Waals surface area contributed by atoms with Gasteiger partial charge in [-0.15, -0.1) is 11.3 Å². The third kappa shape index (κ3) is 4.33. The van der Waals surface area contributed by atoms with Crippen molar-refractivity contribution in [3.05, 3.63) is 51.4 Å². The number of halogens is 2. The number of carbonyl (C=O) groups is 2. The van der Waals surface area contributed by atoms with Gasteiger partial charge in [-0.05, 0) is 44.2 Å². The van der Waals surface area contributed by atoms with Crippen LogP contribution in [0.15, 0.2) is 18.2 Å². The second-order valence-electron chi connectivity index (χ2n) is 6.60. The highest BCUT2D eigenvalue weighted by Crippen LogP contribution is 2.37. The minimum Gasteiger partial charge on any atom is -0.365 e. The van der Waals surface area contributed by atoms with Crippen molar-refractivity contribution in [1.82, 2.24) is 5.32 Å². The van der Waals surface area contributed by atoms with Gasteiger partial charge in [-0.25, -0.2) is 8.78 Å². The number of aryl methyl sites for hydroxylation is 1. The van der Waals surface area contributed by atoms with E-state index in [0.717, 1.165) is 42.2 Å². The molecule has 5 nitrogen and oxygen atoms in total. The first-order chi connectivity index (χ1) is 12.9. The molecule has 0 unspecified atom stereocenters. The molecule has 0 fully saturated rings. The van der Waals surface area contributed by atoms with E-state index in [9.17, 15) is 18.4 Å². The molecule has 4 N–H and O–H groups in total. The molecule has 1 heterocycles. The summed E-state index contributed by atoms with van der Waals surface area (Å²) in [5.74, 6) is -2.22. The average molecular weight is 393 g/mol. The normalized spacial score (nSPS) is 14.5. The Morgan fingerprint density at radius 3 is 2.70 bits per heavy atom. The second kappa shape index (κ2) is 8.14. The van der Waals surface area contributed by atoms with Crippen LogP contribution < -0.4 is 16.4 Å². The zero-order valence-electron chi connectivity index (χ0n) is 14.9. The van der Waals surface area contributed by atoms with Crippen molar-refractivity contribution in [3.63, 3.8) is 0 Å². The van der Waals surface area contributed by atoms with Crippen LogP contribution in [0.2, 0.25) is 0 Å². The monoisotopic (exact) mass is 393 g/mol. The van der Waals surface area contributed by atoms with Crippen LogP contribution in [0.4, 0.5) is 13.8 Å². The Balaban J connectivity index is 1.66. The first kappa shape index (κ1) is 19.4. The third-order valence-electron chi connectivity index (χ3n) is 4.67. The van der Waals surface area contributed by atoms with Crippen LogP contribution in [0.3, 0.4) is 0 Å². The van der Waals surface area contributed by atoms with Gasteiger partial charge in [-0.2, -0.15) is 0 Å². The van der Waals surface area contributed by atoms with Crippen molar-refractivity contribution >= 4 is 28.2 Å². The molecule has 2 amide bonds. The van der Waals surface area contributed by atoms with Gasteiger partial charge in [0.1, 0.15) is 16.6 Å². The smallest absolute Gasteiger partial charge is 0.251 e. The number of rotatable bonds is 6. The van der Waals surface area contributed by atoms with Gasteiger partial charge in [0.05, 0.1) is 12.1 Å². The second-order valence-corrected chi connectivity index (χ2v) is 7.70. The van der Waals surface area contributed by atoms with Gasteiger partial charge in [-0.1, -0.05) is 6.07 Å². The summed E-state index contributed by atoms with van der Waals surface area (Å²) in [5, 5.41) is 6.12. The Hall–Kier alpha value is -2.32. The Bertz CT molecular complexity index is 882. The summed E-state index contributed by atoms with van der Waals surface area (Å²) in [5.41, 5.74) is 7.14. The highest BCUT2D eigenvalue weighted by molar-refractivity contribution is 7.17. The fourth-order valence-corrected chi connectivity index (χ4v) is 4.60.